The predicted octanol–water partition coefficient (Wildman–Crippen LogP) is 4.34. The van der Waals surface area contributed by atoms with Gasteiger partial charge in [-0.2, -0.15) is 0 Å². The molecule has 0 atom stereocenters. The Bertz CT molecular complexity index is 420. The zero-order chi connectivity index (χ0) is 14.8. The lowest BCUT2D eigenvalue weighted by molar-refractivity contribution is 0.145. The highest BCUT2D eigenvalue weighted by molar-refractivity contribution is 5.47. The Kier molecular flexibility index (Phi) is 4.43. The van der Waals surface area contributed by atoms with E-state index in [0.29, 0.717) is 5.41 Å². The van der Waals surface area contributed by atoms with Gasteiger partial charge in [-0.1, -0.05) is 38.5 Å². The van der Waals surface area contributed by atoms with Crippen LogP contribution in [0.1, 0.15) is 52.0 Å². The Morgan fingerprint density at radius 3 is 2.15 bits per heavy atom. The molecule has 0 aromatic heterocycles. The summed E-state index contributed by atoms with van der Waals surface area (Å²) < 4.78 is 0. The van der Waals surface area contributed by atoms with Crippen molar-refractivity contribution in [3.63, 3.8) is 0 Å². The minimum atomic E-state index is 0.0943. The molecule has 1 aromatic carbocycles. The summed E-state index contributed by atoms with van der Waals surface area (Å²) in [7, 11) is 0. The third-order valence-corrected chi connectivity index (χ3v) is 5.02. The first-order chi connectivity index (χ1) is 9.35. The lowest BCUT2D eigenvalue weighted by Crippen LogP contribution is -2.49. The lowest BCUT2D eigenvalue weighted by atomic mass is 9.67. The van der Waals surface area contributed by atoms with Gasteiger partial charge in [0.05, 0.1) is 0 Å². The van der Waals surface area contributed by atoms with Crippen molar-refractivity contribution >= 4 is 5.69 Å². The first-order valence-electron chi connectivity index (χ1n) is 7.90. The zero-order valence-corrected chi connectivity index (χ0v) is 13.5. The van der Waals surface area contributed by atoms with E-state index in [0.717, 1.165) is 12.5 Å². The number of nitrogens with two attached hydrogens (primary N) is 1. The Hall–Kier alpha value is -1.02. The van der Waals surface area contributed by atoms with Crippen LogP contribution in [0.2, 0.25) is 0 Å². The summed E-state index contributed by atoms with van der Waals surface area (Å²) in [6.07, 6.45) is 4.91. The number of aryl methyl sites for hydroxylation is 1. The highest BCUT2D eigenvalue weighted by Crippen LogP contribution is 2.42. The van der Waals surface area contributed by atoms with E-state index in [4.69, 9.17) is 5.73 Å². The molecule has 1 aliphatic rings. The lowest BCUT2D eigenvalue weighted by Gasteiger charge is -2.44. The van der Waals surface area contributed by atoms with Gasteiger partial charge >= 0.3 is 0 Å². The van der Waals surface area contributed by atoms with E-state index in [9.17, 15) is 0 Å². The first-order valence-corrected chi connectivity index (χ1v) is 7.90. The molecule has 2 nitrogen and oxygen atoms in total. The fraction of sp³-hybridized carbons (Fsp3) is 0.667. The van der Waals surface area contributed by atoms with E-state index in [1.807, 2.05) is 0 Å². The summed E-state index contributed by atoms with van der Waals surface area (Å²) in [5.74, 6) is 0.821. The largest absolute Gasteiger partial charge is 0.378 e. The summed E-state index contributed by atoms with van der Waals surface area (Å²) in [4.78, 5) is 0. The van der Waals surface area contributed by atoms with E-state index in [2.05, 4.69) is 57.3 Å². The highest BCUT2D eigenvalue weighted by atomic mass is 15.0. The van der Waals surface area contributed by atoms with E-state index in [1.54, 1.807) is 0 Å². The molecule has 1 fully saturated rings. The third-order valence-electron chi connectivity index (χ3n) is 5.02. The fourth-order valence-corrected chi connectivity index (χ4v) is 3.36. The van der Waals surface area contributed by atoms with Crippen LogP contribution in [0.15, 0.2) is 24.3 Å². The number of benzene rings is 1. The quantitative estimate of drug-likeness (QED) is 0.860. The van der Waals surface area contributed by atoms with E-state index in [-0.39, 0.29) is 5.54 Å². The standard InChI is InChI=1S/C18H30N2/c1-14-5-7-16(8-6-14)20-18(13-19)11-9-15(10-12-18)17(2,3)4/h5-8,15,20H,9-13,19H2,1-4H3. The molecule has 0 saturated heterocycles. The Morgan fingerprint density at radius 2 is 1.70 bits per heavy atom. The van der Waals surface area contributed by atoms with Crippen molar-refractivity contribution in [3.8, 4) is 0 Å². The summed E-state index contributed by atoms with van der Waals surface area (Å²) in [5.41, 5.74) is 9.13. The van der Waals surface area contributed by atoms with Gasteiger partial charge in [0, 0.05) is 17.8 Å². The van der Waals surface area contributed by atoms with Gasteiger partial charge in [0.1, 0.15) is 0 Å². The molecule has 112 valence electrons. The zero-order valence-electron chi connectivity index (χ0n) is 13.5. The molecule has 1 aliphatic carbocycles. The number of anilines is 1. The summed E-state index contributed by atoms with van der Waals surface area (Å²) in [5, 5.41) is 3.72. The fourth-order valence-electron chi connectivity index (χ4n) is 3.36. The van der Waals surface area contributed by atoms with Crippen LogP contribution < -0.4 is 11.1 Å². The maximum Gasteiger partial charge on any atom is 0.0495 e. The molecule has 2 rings (SSSR count). The molecule has 3 N–H and O–H groups in total. The molecule has 0 heterocycles. The Morgan fingerprint density at radius 1 is 1.15 bits per heavy atom. The normalized spacial score (nSPS) is 27.4. The van der Waals surface area contributed by atoms with Crippen molar-refractivity contribution < 1.29 is 0 Å². The predicted molar refractivity (Wildman–Crippen MR) is 88.0 cm³/mol. The van der Waals surface area contributed by atoms with Gasteiger partial charge in [-0.25, -0.2) is 0 Å². The average Bonchev–Trinajstić information content (AvgIpc) is 2.41. The molecule has 0 spiro atoms. The molecule has 0 aliphatic heterocycles. The van der Waals surface area contributed by atoms with E-state index in [1.165, 1.54) is 36.9 Å². The second kappa shape index (κ2) is 5.77. The van der Waals surface area contributed by atoms with Gasteiger partial charge in [0.2, 0.25) is 0 Å². The van der Waals surface area contributed by atoms with Crippen LogP contribution in [0.4, 0.5) is 5.69 Å². The Balaban J connectivity index is 2.03. The van der Waals surface area contributed by atoms with Crippen molar-refractivity contribution in [1.29, 1.82) is 0 Å². The maximum absolute atomic E-state index is 6.11. The molecule has 1 aromatic rings. The van der Waals surface area contributed by atoms with Gasteiger partial charge in [0.15, 0.2) is 0 Å². The number of nitrogens with one attached hydrogen (secondary N) is 1. The molecule has 0 bridgehead atoms. The number of hydrogen-bond donors (Lipinski definition) is 2. The first kappa shape index (κ1) is 15.4. The van der Waals surface area contributed by atoms with Crippen molar-refractivity contribution in [2.24, 2.45) is 17.1 Å². The van der Waals surface area contributed by atoms with Crippen LogP contribution in [0.5, 0.6) is 0 Å². The Labute approximate surface area is 124 Å². The van der Waals surface area contributed by atoms with Crippen LogP contribution in [-0.2, 0) is 0 Å². The molecule has 0 amide bonds. The summed E-state index contributed by atoms with van der Waals surface area (Å²) in [6, 6.07) is 8.66. The van der Waals surface area contributed by atoms with Crippen molar-refractivity contribution in [2.45, 2.75) is 58.9 Å². The maximum atomic E-state index is 6.11. The van der Waals surface area contributed by atoms with Crippen molar-refractivity contribution in [3.05, 3.63) is 29.8 Å². The van der Waals surface area contributed by atoms with Gasteiger partial charge in [0.25, 0.3) is 0 Å². The molecule has 20 heavy (non-hydrogen) atoms. The van der Waals surface area contributed by atoms with E-state index >= 15 is 0 Å². The average molecular weight is 274 g/mol. The second-order valence-electron chi connectivity index (χ2n) is 7.62. The van der Waals surface area contributed by atoms with Gasteiger partial charge in [-0.15, -0.1) is 0 Å². The molecule has 1 saturated carbocycles. The highest BCUT2D eigenvalue weighted by Gasteiger charge is 2.37. The molecule has 0 radical (unpaired) electrons. The molecule has 0 unspecified atom stereocenters. The molecular weight excluding hydrogens is 244 g/mol. The van der Waals surface area contributed by atoms with Crippen LogP contribution in [-0.4, -0.2) is 12.1 Å². The second-order valence-corrected chi connectivity index (χ2v) is 7.62. The number of rotatable bonds is 3. The molecular formula is C18H30N2. The van der Waals surface area contributed by atoms with E-state index < -0.39 is 0 Å². The van der Waals surface area contributed by atoms with Crippen LogP contribution in [0.3, 0.4) is 0 Å². The minimum absolute atomic E-state index is 0.0943. The van der Waals surface area contributed by atoms with Crippen molar-refractivity contribution in [1.82, 2.24) is 0 Å². The SMILES string of the molecule is Cc1ccc(NC2(CN)CCC(C(C)(C)C)CC2)cc1. The van der Waals surface area contributed by atoms with Gasteiger partial charge in [-0.05, 0) is 56.1 Å². The summed E-state index contributed by atoms with van der Waals surface area (Å²) >= 11 is 0. The topological polar surface area (TPSA) is 38.0 Å². The van der Waals surface area contributed by atoms with Gasteiger partial charge in [-0.3, -0.25) is 0 Å². The molecule has 2 heteroatoms. The third kappa shape index (κ3) is 3.54. The monoisotopic (exact) mass is 274 g/mol. The smallest absolute Gasteiger partial charge is 0.0495 e. The van der Waals surface area contributed by atoms with Crippen molar-refractivity contribution in [2.75, 3.05) is 11.9 Å². The van der Waals surface area contributed by atoms with Crippen LogP contribution >= 0.6 is 0 Å². The van der Waals surface area contributed by atoms with Gasteiger partial charge < -0.3 is 11.1 Å². The minimum Gasteiger partial charge on any atom is -0.378 e. The van der Waals surface area contributed by atoms with Crippen LogP contribution in [0, 0.1) is 18.3 Å². The summed E-state index contributed by atoms with van der Waals surface area (Å²) in [6.45, 7) is 9.93. The number of hydrogen-bond acceptors (Lipinski definition) is 2. The van der Waals surface area contributed by atoms with Crippen LogP contribution in [0.25, 0.3) is 0 Å².